The van der Waals surface area contributed by atoms with E-state index in [0.29, 0.717) is 0 Å². The molecule has 1 heterocycles. The lowest BCUT2D eigenvalue weighted by Gasteiger charge is -2.17. The van der Waals surface area contributed by atoms with Gasteiger partial charge in [-0.1, -0.05) is 12.2 Å². The molecule has 0 fully saturated rings. The summed E-state index contributed by atoms with van der Waals surface area (Å²) in [4.78, 5) is 7.40. The molecule has 0 aromatic carbocycles. The van der Waals surface area contributed by atoms with Crippen LogP contribution in [-0.4, -0.2) is 16.5 Å². The van der Waals surface area contributed by atoms with E-state index in [0.717, 1.165) is 24.8 Å². The average molecular weight is 205 g/mol. The van der Waals surface area contributed by atoms with E-state index in [-0.39, 0.29) is 0 Å². The van der Waals surface area contributed by atoms with Gasteiger partial charge < -0.3 is 10.3 Å². The molecule has 82 valence electrons. The maximum atomic E-state index is 4.18. The maximum absolute atomic E-state index is 4.18. The van der Waals surface area contributed by atoms with Gasteiger partial charge in [0.1, 0.15) is 5.82 Å². The van der Waals surface area contributed by atoms with Crippen LogP contribution >= 0.6 is 0 Å². The normalized spacial score (nSPS) is 20.7. The topological polar surface area (TPSA) is 40.7 Å². The Morgan fingerprint density at radius 1 is 1.53 bits per heavy atom. The molecule has 0 bridgehead atoms. The number of nitrogens with one attached hydrogen (secondary N) is 2. The monoisotopic (exact) mass is 205 g/mol. The Morgan fingerprint density at radius 3 is 3.13 bits per heavy atom. The lowest BCUT2D eigenvalue weighted by Crippen LogP contribution is -2.23. The average Bonchev–Trinajstić information content (AvgIpc) is 2.66. The number of aryl methyl sites for hydroxylation is 1. The van der Waals surface area contributed by atoms with Gasteiger partial charge in [0.15, 0.2) is 0 Å². The van der Waals surface area contributed by atoms with Gasteiger partial charge in [-0.05, 0) is 38.6 Å². The zero-order valence-corrected chi connectivity index (χ0v) is 9.29. The molecule has 0 saturated carbocycles. The second-order valence-corrected chi connectivity index (χ2v) is 4.28. The Bertz CT molecular complexity index is 327. The highest BCUT2D eigenvalue weighted by Gasteiger charge is 2.08. The Morgan fingerprint density at radius 2 is 2.47 bits per heavy atom. The zero-order chi connectivity index (χ0) is 10.5. The number of nitrogens with zero attached hydrogens (tertiary/aromatic N) is 1. The van der Waals surface area contributed by atoms with Gasteiger partial charge in [0.2, 0.25) is 0 Å². The molecule has 1 aliphatic rings. The van der Waals surface area contributed by atoms with Gasteiger partial charge in [-0.2, -0.15) is 0 Å². The zero-order valence-electron chi connectivity index (χ0n) is 9.29. The molecule has 1 unspecified atom stereocenters. The van der Waals surface area contributed by atoms with Crippen molar-refractivity contribution in [1.82, 2.24) is 15.3 Å². The van der Waals surface area contributed by atoms with Crippen LogP contribution < -0.4 is 5.32 Å². The lowest BCUT2D eigenvalue weighted by atomic mass is 9.94. The van der Waals surface area contributed by atoms with Gasteiger partial charge in [0.25, 0.3) is 0 Å². The van der Waals surface area contributed by atoms with Crippen molar-refractivity contribution in [3.63, 3.8) is 0 Å². The first kappa shape index (κ1) is 10.4. The van der Waals surface area contributed by atoms with Crippen LogP contribution in [0.25, 0.3) is 0 Å². The molecule has 1 aromatic rings. The van der Waals surface area contributed by atoms with E-state index < -0.39 is 0 Å². The molecule has 2 rings (SSSR count). The molecule has 0 radical (unpaired) electrons. The minimum absolute atomic E-state index is 0.819. The van der Waals surface area contributed by atoms with E-state index >= 15 is 0 Å². The first-order valence-electron chi connectivity index (χ1n) is 5.71. The third kappa shape index (κ3) is 3.20. The van der Waals surface area contributed by atoms with Crippen LogP contribution in [0.4, 0.5) is 0 Å². The number of aromatic nitrogens is 2. The molecule has 1 aliphatic carbocycles. The Balaban J connectivity index is 1.68. The van der Waals surface area contributed by atoms with Gasteiger partial charge in [0, 0.05) is 18.4 Å². The van der Waals surface area contributed by atoms with Crippen molar-refractivity contribution in [3.05, 3.63) is 29.9 Å². The second-order valence-electron chi connectivity index (χ2n) is 4.28. The maximum Gasteiger partial charge on any atom is 0.103 e. The Labute approximate surface area is 91.0 Å². The van der Waals surface area contributed by atoms with Gasteiger partial charge in [-0.25, -0.2) is 4.98 Å². The van der Waals surface area contributed by atoms with Crippen molar-refractivity contribution < 1.29 is 0 Å². The highest BCUT2D eigenvalue weighted by Crippen LogP contribution is 2.16. The van der Waals surface area contributed by atoms with Crippen LogP contribution in [0.3, 0.4) is 0 Å². The fourth-order valence-corrected chi connectivity index (χ4v) is 2.01. The summed E-state index contributed by atoms with van der Waals surface area (Å²) in [6.45, 7) is 4.00. The minimum atomic E-state index is 0.819. The quantitative estimate of drug-likeness (QED) is 0.740. The molecular weight excluding hydrogens is 186 g/mol. The highest BCUT2D eigenvalue weighted by molar-refractivity contribution is 4.99. The lowest BCUT2D eigenvalue weighted by molar-refractivity contribution is 0.439. The van der Waals surface area contributed by atoms with Crippen LogP contribution in [0.5, 0.6) is 0 Å². The number of H-pyrrole nitrogens is 1. The van der Waals surface area contributed by atoms with Gasteiger partial charge in [-0.15, -0.1) is 0 Å². The summed E-state index contributed by atoms with van der Waals surface area (Å²) in [5, 5.41) is 3.48. The molecule has 3 nitrogen and oxygen atoms in total. The summed E-state index contributed by atoms with van der Waals surface area (Å²) in [7, 11) is 0. The molecule has 0 saturated heterocycles. The Hall–Kier alpha value is -1.09. The number of hydrogen-bond donors (Lipinski definition) is 2. The number of imidazole rings is 1. The fraction of sp³-hybridized carbons (Fsp3) is 0.583. The number of hydrogen-bond acceptors (Lipinski definition) is 2. The summed E-state index contributed by atoms with van der Waals surface area (Å²) in [6, 6.07) is 0. The molecule has 15 heavy (non-hydrogen) atoms. The predicted molar refractivity (Wildman–Crippen MR) is 61.5 cm³/mol. The smallest absolute Gasteiger partial charge is 0.103 e. The molecule has 1 aromatic heterocycles. The van der Waals surface area contributed by atoms with E-state index in [2.05, 4.69) is 27.4 Å². The number of allylic oxidation sites excluding steroid dienone is 2. The van der Waals surface area contributed by atoms with Crippen LogP contribution in [0.15, 0.2) is 18.3 Å². The third-order valence-corrected chi connectivity index (χ3v) is 2.88. The van der Waals surface area contributed by atoms with Crippen LogP contribution in [0.1, 0.15) is 30.8 Å². The summed E-state index contributed by atoms with van der Waals surface area (Å²) < 4.78 is 0. The number of rotatable bonds is 4. The minimum Gasteiger partial charge on any atom is -0.345 e. The van der Waals surface area contributed by atoms with Crippen molar-refractivity contribution in [2.45, 2.75) is 32.7 Å². The van der Waals surface area contributed by atoms with E-state index in [4.69, 9.17) is 0 Å². The second kappa shape index (κ2) is 5.12. The van der Waals surface area contributed by atoms with E-state index in [1.807, 2.05) is 13.1 Å². The van der Waals surface area contributed by atoms with Crippen molar-refractivity contribution in [2.75, 3.05) is 6.54 Å². The largest absolute Gasteiger partial charge is 0.345 e. The number of aromatic amines is 1. The summed E-state index contributed by atoms with van der Waals surface area (Å²) in [6.07, 6.45) is 10.3. The van der Waals surface area contributed by atoms with Gasteiger partial charge in [0.05, 0.1) is 0 Å². The predicted octanol–water partition coefficient (Wildman–Crippen LogP) is 2.16. The van der Waals surface area contributed by atoms with Crippen LogP contribution in [-0.2, 0) is 6.54 Å². The molecule has 0 amide bonds. The third-order valence-electron chi connectivity index (χ3n) is 2.88. The van der Waals surface area contributed by atoms with Crippen LogP contribution in [0.2, 0.25) is 0 Å². The summed E-state index contributed by atoms with van der Waals surface area (Å²) in [5.74, 6) is 1.81. The van der Waals surface area contributed by atoms with Crippen molar-refractivity contribution in [3.8, 4) is 0 Å². The standard InChI is InChI=1S/C12H19N3/c1-10-14-9-12(15-10)8-13-7-11-5-3-2-4-6-11/h2-3,9,11,13H,4-8H2,1H3,(H,14,15). The fourth-order valence-electron chi connectivity index (χ4n) is 2.01. The Kier molecular flexibility index (Phi) is 3.56. The van der Waals surface area contributed by atoms with Crippen molar-refractivity contribution >= 4 is 0 Å². The summed E-state index contributed by atoms with van der Waals surface area (Å²) >= 11 is 0. The molecule has 0 aliphatic heterocycles. The first-order valence-corrected chi connectivity index (χ1v) is 5.71. The molecule has 0 spiro atoms. The molecule has 3 heteroatoms. The van der Waals surface area contributed by atoms with Gasteiger partial charge >= 0.3 is 0 Å². The first-order chi connectivity index (χ1) is 7.34. The molecule has 2 N–H and O–H groups in total. The van der Waals surface area contributed by atoms with Crippen molar-refractivity contribution in [1.29, 1.82) is 0 Å². The SMILES string of the molecule is Cc1ncc(CNCC2CC=CCC2)[nH]1. The van der Waals surface area contributed by atoms with Crippen molar-refractivity contribution in [2.24, 2.45) is 5.92 Å². The molecule has 1 atom stereocenters. The van der Waals surface area contributed by atoms with Gasteiger partial charge in [-0.3, -0.25) is 0 Å². The molecular formula is C12H19N3. The highest BCUT2D eigenvalue weighted by atomic mass is 15.0. The van der Waals surface area contributed by atoms with E-state index in [9.17, 15) is 0 Å². The van der Waals surface area contributed by atoms with Crippen LogP contribution in [0, 0.1) is 12.8 Å². The van der Waals surface area contributed by atoms with E-state index in [1.54, 1.807) is 0 Å². The van der Waals surface area contributed by atoms with E-state index in [1.165, 1.54) is 25.0 Å². The summed E-state index contributed by atoms with van der Waals surface area (Å²) in [5.41, 5.74) is 1.18.